The van der Waals surface area contributed by atoms with Gasteiger partial charge in [0.15, 0.2) is 5.13 Å². The van der Waals surface area contributed by atoms with Crippen molar-refractivity contribution in [1.29, 1.82) is 0 Å². The summed E-state index contributed by atoms with van der Waals surface area (Å²) in [6, 6.07) is 8.14. The highest BCUT2D eigenvalue weighted by Crippen LogP contribution is 2.34. The van der Waals surface area contributed by atoms with E-state index in [1.54, 1.807) is 12.1 Å². The van der Waals surface area contributed by atoms with E-state index in [9.17, 15) is 25.0 Å². The molecule has 0 N–H and O–H groups in total. The van der Waals surface area contributed by atoms with Gasteiger partial charge in [0.05, 0.1) is 43.8 Å². The van der Waals surface area contributed by atoms with Crippen molar-refractivity contribution in [3.63, 3.8) is 0 Å². The quantitative estimate of drug-likeness (QED) is 0.386. The summed E-state index contributed by atoms with van der Waals surface area (Å²) in [4.78, 5) is 40.2. The number of amides is 1. The zero-order valence-electron chi connectivity index (χ0n) is 15.9. The van der Waals surface area contributed by atoms with Crippen LogP contribution in [0.4, 0.5) is 16.5 Å². The van der Waals surface area contributed by atoms with E-state index in [2.05, 4.69) is 4.98 Å². The molecule has 0 aliphatic carbocycles. The average Bonchev–Trinajstić information content (AvgIpc) is 3.41. The number of rotatable bonds is 6. The van der Waals surface area contributed by atoms with Crippen molar-refractivity contribution in [2.24, 2.45) is 0 Å². The number of halogens is 1. The van der Waals surface area contributed by atoms with Crippen LogP contribution in [0.3, 0.4) is 0 Å². The first-order valence-corrected chi connectivity index (χ1v) is 10.5. The number of fused-ring (bicyclic) bond motifs is 1. The van der Waals surface area contributed by atoms with Gasteiger partial charge in [-0.05, 0) is 25.0 Å². The van der Waals surface area contributed by atoms with Gasteiger partial charge >= 0.3 is 0 Å². The second-order valence-corrected chi connectivity index (χ2v) is 8.30. The smallest absolute Gasteiger partial charge is 0.277 e. The number of thiazole rings is 1. The van der Waals surface area contributed by atoms with Crippen molar-refractivity contribution in [3.05, 3.63) is 67.2 Å². The Kier molecular flexibility index (Phi) is 5.81. The molecule has 3 aromatic rings. The normalized spacial score (nSPS) is 15.8. The van der Waals surface area contributed by atoms with E-state index in [0.29, 0.717) is 22.3 Å². The Morgan fingerprint density at radius 2 is 1.94 bits per heavy atom. The molecule has 10 nitrogen and oxygen atoms in total. The Bertz CT molecular complexity index is 1160. The predicted octanol–water partition coefficient (Wildman–Crippen LogP) is 4.59. The van der Waals surface area contributed by atoms with Gasteiger partial charge in [0.1, 0.15) is 5.52 Å². The first kappa shape index (κ1) is 21.1. The average molecular weight is 463 g/mol. The van der Waals surface area contributed by atoms with Gasteiger partial charge in [0.2, 0.25) is 0 Å². The van der Waals surface area contributed by atoms with E-state index < -0.39 is 27.1 Å². The molecule has 0 saturated carbocycles. The summed E-state index contributed by atoms with van der Waals surface area (Å²) in [6.07, 6.45) is 1.35. The van der Waals surface area contributed by atoms with Crippen molar-refractivity contribution in [2.75, 3.05) is 18.1 Å². The lowest BCUT2D eigenvalue weighted by Crippen LogP contribution is -2.37. The first-order chi connectivity index (χ1) is 14.8. The zero-order valence-corrected chi connectivity index (χ0v) is 17.5. The molecular weight excluding hydrogens is 448 g/mol. The fraction of sp³-hybridized carbons (Fsp3) is 0.263. The summed E-state index contributed by atoms with van der Waals surface area (Å²) in [6.45, 7) is 0.730. The third-order valence-corrected chi connectivity index (χ3v) is 6.16. The molecule has 0 radical (unpaired) electrons. The monoisotopic (exact) mass is 462 g/mol. The van der Waals surface area contributed by atoms with Gasteiger partial charge in [-0.25, -0.2) is 4.98 Å². The van der Waals surface area contributed by atoms with Gasteiger partial charge in [0, 0.05) is 18.7 Å². The number of non-ortho nitro benzene ring substituents is 2. The fourth-order valence-electron chi connectivity index (χ4n) is 3.34. The third-order valence-electron chi connectivity index (χ3n) is 4.82. The fourth-order valence-corrected chi connectivity index (χ4v) is 4.62. The molecule has 1 amide bonds. The number of benzene rings is 2. The molecule has 2 heterocycles. The van der Waals surface area contributed by atoms with E-state index in [1.807, 2.05) is 6.07 Å². The lowest BCUT2D eigenvalue weighted by Gasteiger charge is -2.23. The van der Waals surface area contributed by atoms with Gasteiger partial charge < -0.3 is 4.74 Å². The molecule has 1 fully saturated rings. The van der Waals surface area contributed by atoms with Crippen molar-refractivity contribution >= 4 is 55.6 Å². The number of hydrogen-bond donors (Lipinski definition) is 0. The molecule has 1 aliphatic rings. The van der Waals surface area contributed by atoms with E-state index in [1.165, 1.54) is 16.2 Å². The summed E-state index contributed by atoms with van der Waals surface area (Å²) >= 11 is 7.45. The number of para-hydroxylation sites is 1. The van der Waals surface area contributed by atoms with Gasteiger partial charge in [-0.3, -0.25) is 29.9 Å². The molecule has 0 bridgehead atoms. The van der Waals surface area contributed by atoms with Crippen molar-refractivity contribution in [2.45, 2.75) is 18.9 Å². The van der Waals surface area contributed by atoms with Crippen molar-refractivity contribution < 1.29 is 19.4 Å². The Labute approximate surface area is 184 Å². The van der Waals surface area contributed by atoms with E-state index in [4.69, 9.17) is 16.3 Å². The van der Waals surface area contributed by atoms with Gasteiger partial charge in [-0.1, -0.05) is 29.0 Å². The highest BCUT2D eigenvalue weighted by atomic mass is 35.5. The second kappa shape index (κ2) is 8.53. The molecule has 1 saturated heterocycles. The number of carbonyl (C=O) groups excluding carboxylic acids is 1. The van der Waals surface area contributed by atoms with Crippen molar-refractivity contribution in [3.8, 4) is 0 Å². The molecule has 160 valence electrons. The van der Waals surface area contributed by atoms with Crippen LogP contribution < -0.4 is 4.90 Å². The maximum absolute atomic E-state index is 13.4. The molecule has 31 heavy (non-hydrogen) atoms. The minimum Gasteiger partial charge on any atom is -0.376 e. The zero-order chi connectivity index (χ0) is 22.1. The van der Waals surface area contributed by atoms with Crippen LogP contribution in [-0.4, -0.2) is 40.0 Å². The molecular formula is C19H15ClN4O6S. The number of nitro benzene ring substituents is 2. The molecule has 4 rings (SSSR count). The summed E-state index contributed by atoms with van der Waals surface area (Å²) in [5.74, 6) is -0.641. The number of nitro groups is 2. The van der Waals surface area contributed by atoms with Crippen LogP contribution in [0, 0.1) is 20.2 Å². The standard InChI is InChI=1S/C19H15ClN4O6S/c20-15-4-1-5-16-17(15)21-19(31-16)22(10-14-3-2-6-30-14)18(25)11-7-12(23(26)27)9-13(8-11)24(28)29/h1,4-5,7-9,14H,2-3,6,10H2. The predicted molar refractivity (Wildman–Crippen MR) is 115 cm³/mol. The first-order valence-electron chi connectivity index (χ1n) is 9.26. The van der Waals surface area contributed by atoms with Crippen LogP contribution in [0.25, 0.3) is 10.2 Å². The number of hydrogen-bond acceptors (Lipinski definition) is 8. The minimum absolute atomic E-state index is 0.159. The second-order valence-electron chi connectivity index (χ2n) is 6.89. The van der Waals surface area contributed by atoms with Gasteiger partial charge in [-0.15, -0.1) is 0 Å². The molecule has 1 unspecified atom stereocenters. The highest BCUT2D eigenvalue weighted by Gasteiger charge is 2.29. The molecule has 1 aliphatic heterocycles. The third kappa shape index (κ3) is 4.33. The lowest BCUT2D eigenvalue weighted by molar-refractivity contribution is -0.394. The Hall–Kier alpha value is -3.15. The van der Waals surface area contributed by atoms with Gasteiger partial charge in [0.25, 0.3) is 17.3 Å². The maximum atomic E-state index is 13.4. The summed E-state index contributed by atoms with van der Waals surface area (Å²) in [7, 11) is 0. The maximum Gasteiger partial charge on any atom is 0.277 e. The Morgan fingerprint density at radius 1 is 1.23 bits per heavy atom. The number of aromatic nitrogens is 1. The van der Waals surface area contributed by atoms with Gasteiger partial charge in [-0.2, -0.15) is 0 Å². The minimum atomic E-state index is -0.772. The Balaban J connectivity index is 1.79. The van der Waals surface area contributed by atoms with E-state index >= 15 is 0 Å². The molecule has 2 aromatic carbocycles. The van der Waals surface area contributed by atoms with E-state index in [0.717, 1.165) is 35.7 Å². The lowest BCUT2D eigenvalue weighted by atomic mass is 10.1. The Morgan fingerprint density at radius 3 is 2.52 bits per heavy atom. The number of carbonyl (C=O) groups is 1. The van der Waals surface area contributed by atoms with Crippen LogP contribution >= 0.6 is 22.9 Å². The van der Waals surface area contributed by atoms with Crippen molar-refractivity contribution in [1.82, 2.24) is 4.98 Å². The van der Waals surface area contributed by atoms with Crippen LogP contribution in [0.5, 0.6) is 0 Å². The van der Waals surface area contributed by atoms with Crippen LogP contribution in [0.2, 0.25) is 5.02 Å². The summed E-state index contributed by atoms with van der Waals surface area (Å²) in [5, 5.41) is 23.2. The molecule has 1 aromatic heterocycles. The largest absolute Gasteiger partial charge is 0.376 e. The van der Waals surface area contributed by atoms with E-state index in [-0.39, 0.29) is 18.2 Å². The van der Waals surface area contributed by atoms with Crippen LogP contribution in [0.1, 0.15) is 23.2 Å². The van der Waals surface area contributed by atoms with Crippen LogP contribution in [0.15, 0.2) is 36.4 Å². The highest BCUT2D eigenvalue weighted by molar-refractivity contribution is 7.22. The summed E-state index contributed by atoms with van der Waals surface area (Å²) in [5.41, 5.74) is -0.729. The molecule has 12 heteroatoms. The van der Waals surface area contributed by atoms with Crippen LogP contribution in [-0.2, 0) is 4.74 Å². The molecule has 0 spiro atoms. The topological polar surface area (TPSA) is 129 Å². The summed E-state index contributed by atoms with van der Waals surface area (Å²) < 4.78 is 6.41. The SMILES string of the molecule is O=C(c1cc([N+](=O)[O-])cc([N+](=O)[O-])c1)N(CC1CCCO1)c1nc2c(Cl)cccc2s1. The number of ether oxygens (including phenoxy) is 1. The molecule has 1 atom stereocenters. The number of nitrogens with zero attached hydrogens (tertiary/aromatic N) is 4. The number of anilines is 1.